The first-order valence-corrected chi connectivity index (χ1v) is 6.16. The zero-order valence-corrected chi connectivity index (χ0v) is 11.6. The third kappa shape index (κ3) is 4.44. The Hall–Kier alpha value is -0.940. The van der Waals surface area contributed by atoms with Crippen molar-refractivity contribution in [2.24, 2.45) is 11.7 Å². The van der Waals surface area contributed by atoms with Crippen molar-refractivity contribution in [3.8, 4) is 0 Å². The molecule has 0 fully saturated rings. The third-order valence-corrected chi connectivity index (χ3v) is 3.31. The molecule has 3 N–H and O–H groups in total. The van der Waals surface area contributed by atoms with Crippen LogP contribution >= 0.6 is 15.9 Å². The van der Waals surface area contributed by atoms with Gasteiger partial charge in [-0.25, -0.2) is 4.39 Å². The van der Waals surface area contributed by atoms with Crippen LogP contribution in [0.5, 0.6) is 0 Å². The molecule has 0 saturated carbocycles. The van der Waals surface area contributed by atoms with E-state index in [1.807, 2.05) is 14.0 Å². The van der Waals surface area contributed by atoms with Crippen LogP contribution in [-0.2, 0) is 6.54 Å². The minimum absolute atomic E-state index is 0.0271. The molecule has 0 aliphatic carbocycles. The van der Waals surface area contributed by atoms with Crippen LogP contribution in [0.2, 0.25) is 0 Å². The molecule has 1 aromatic carbocycles. The van der Waals surface area contributed by atoms with Crippen molar-refractivity contribution >= 4 is 21.8 Å². The summed E-state index contributed by atoms with van der Waals surface area (Å²) < 4.78 is 13.7. The summed E-state index contributed by atoms with van der Waals surface area (Å²) in [6, 6.07) is 4.66. The second-order valence-electron chi connectivity index (χ2n) is 4.29. The van der Waals surface area contributed by atoms with Gasteiger partial charge >= 0.3 is 0 Å². The fourth-order valence-electron chi connectivity index (χ4n) is 1.57. The van der Waals surface area contributed by atoms with E-state index >= 15 is 0 Å². The van der Waals surface area contributed by atoms with Crippen LogP contribution in [0.4, 0.5) is 4.39 Å². The first-order chi connectivity index (χ1) is 7.90. The molecule has 5 heteroatoms. The molecule has 1 aromatic rings. The summed E-state index contributed by atoms with van der Waals surface area (Å²) in [7, 11) is 1.95. The Kier molecular flexibility index (Phi) is 5.08. The summed E-state index contributed by atoms with van der Waals surface area (Å²) in [6.07, 6.45) is 0. The van der Waals surface area contributed by atoms with Crippen LogP contribution in [0.1, 0.15) is 12.5 Å². The number of benzene rings is 1. The molecule has 0 bridgehead atoms. The maximum absolute atomic E-state index is 12.9. The molecule has 0 heterocycles. The Labute approximate surface area is 109 Å². The number of halogens is 2. The molecular formula is C12H17BrFN3. The van der Waals surface area contributed by atoms with Crippen LogP contribution < -0.4 is 5.73 Å². The Morgan fingerprint density at radius 1 is 1.59 bits per heavy atom. The number of hydrogen-bond acceptors (Lipinski definition) is 2. The summed E-state index contributed by atoms with van der Waals surface area (Å²) in [6.45, 7) is 3.32. The van der Waals surface area contributed by atoms with E-state index < -0.39 is 0 Å². The first kappa shape index (κ1) is 14.1. The van der Waals surface area contributed by atoms with Crippen molar-refractivity contribution in [2.45, 2.75) is 13.5 Å². The Morgan fingerprint density at radius 2 is 2.24 bits per heavy atom. The normalized spacial score (nSPS) is 12.8. The number of nitrogens with zero attached hydrogens (tertiary/aromatic N) is 1. The van der Waals surface area contributed by atoms with Crippen LogP contribution in [0.3, 0.4) is 0 Å². The highest BCUT2D eigenvalue weighted by atomic mass is 79.9. The molecular weight excluding hydrogens is 285 g/mol. The lowest BCUT2D eigenvalue weighted by Gasteiger charge is -2.21. The number of nitrogens with one attached hydrogen (secondary N) is 1. The number of hydrogen-bond donors (Lipinski definition) is 2. The first-order valence-electron chi connectivity index (χ1n) is 5.36. The smallest absolute Gasteiger partial charge is 0.124 e. The van der Waals surface area contributed by atoms with Gasteiger partial charge in [-0.3, -0.25) is 5.41 Å². The average Bonchev–Trinajstić information content (AvgIpc) is 2.22. The van der Waals surface area contributed by atoms with Crippen LogP contribution in [0.15, 0.2) is 22.7 Å². The SMILES string of the molecule is CC(CN(C)Cc1ccc(F)cc1Br)C(=N)N. The van der Waals surface area contributed by atoms with Crippen LogP contribution in [-0.4, -0.2) is 24.3 Å². The van der Waals surface area contributed by atoms with Gasteiger partial charge < -0.3 is 10.6 Å². The second-order valence-corrected chi connectivity index (χ2v) is 5.14. The lowest BCUT2D eigenvalue weighted by Crippen LogP contribution is -2.31. The fourth-order valence-corrected chi connectivity index (χ4v) is 2.05. The van der Waals surface area contributed by atoms with Gasteiger partial charge in [-0.05, 0) is 24.7 Å². The van der Waals surface area contributed by atoms with Crippen molar-refractivity contribution < 1.29 is 4.39 Å². The number of rotatable bonds is 5. The minimum atomic E-state index is -0.250. The maximum Gasteiger partial charge on any atom is 0.124 e. The van der Waals surface area contributed by atoms with E-state index in [0.717, 1.165) is 10.0 Å². The molecule has 0 aliphatic rings. The third-order valence-electron chi connectivity index (χ3n) is 2.57. The molecule has 0 amide bonds. The molecule has 0 spiro atoms. The highest BCUT2D eigenvalue weighted by molar-refractivity contribution is 9.10. The number of amidine groups is 1. The maximum atomic E-state index is 12.9. The average molecular weight is 302 g/mol. The fraction of sp³-hybridized carbons (Fsp3) is 0.417. The summed E-state index contributed by atoms with van der Waals surface area (Å²) >= 11 is 3.34. The van der Waals surface area contributed by atoms with E-state index in [2.05, 4.69) is 20.8 Å². The second kappa shape index (κ2) is 6.12. The van der Waals surface area contributed by atoms with Gasteiger partial charge in [-0.2, -0.15) is 0 Å². The molecule has 0 radical (unpaired) electrons. The molecule has 0 aliphatic heterocycles. The van der Waals surface area contributed by atoms with Crippen molar-refractivity contribution in [1.82, 2.24) is 4.90 Å². The van der Waals surface area contributed by atoms with E-state index in [0.29, 0.717) is 13.1 Å². The molecule has 1 unspecified atom stereocenters. The van der Waals surface area contributed by atoms with Crippen molar-refractivity contribution in [3.05, 3.63) is 34.1 Å². The van der Waals surface area contributed by atoms with Gasteiger partial charge in [0.05, 0.1) is 5.84 Å². The molecule has 1 rings (SSSR count). The highest BCUT2D eigenvalue weighted by Crippen LogP contribution is 2.19. The van der Waals surface area contributed by atoms with E-state index in [1.165, 1.54) is 12.1 Å². The van der Waals surface area contributed by atoms with Crippen molar-refractivity contribution in [3.63, 3.8) is 0 Å². The Morgan fingerprint density at radius 3 is 2.76 bits per heavy atom. The van der Waals surface area contributed by atoms with E-state index in [9.17, 15) is 4.39 Å². The Bertz CT molecular complexity index is 409. The van der Waals surface area contributed by atoms with E-state index in [-0.39, 0.29) is 17.6 Å². The lowest BCUT2D eigenvalue weighted by molar-refractivity contribution is 0.305. The van der Waals surface area contributed by atoms with Gasteiger partial charge in [0, 0.05) is 23.5 Å². The number of nitrogens with two attached hydrogens (primary N) is 1. The van der Waals surface area contributed by atoms with Gasteiger partial charge in [0.1, 0.15) is 5.82 Å². The largest absolute Gasteiger partial charge is 0.387 e. The standard InChI is InChI=1S/C12H17BrFN3/c1-8(12(15)16)6-17(2)7-9-3-4-10(14)5-11(9)13/h3-5,8H,6-7H2,1-2H3,(H3,15,16). The summed E-state index contributed by atoms with van der Waals surface area (Å²) in [4.78, 5) is 2.06. The summed E-state index contributed by atoms with van der Waals surface area (Å²) in [5.74, 6) is -0.0328. The predicted molar refractivity (Wildman–Crippen MR) is 71.5 cm³/mol. The van der Waals surface area contributed by atoms with Gasteiger partial charge in [-0.15, -0.1) is 0 Å². The summed E-state index contributed by atoms with van der Waals surface area (Å²) in [5.41, 5.74) is 6.44. The molecule has 3 nitrogen and oxygen atoms in total. The highest BCUT2D eigenvalue weighted by Gasteiger charge is 2.10. The Balaban J connectivity index is 2.62. The lowest BCUT2D eigenvalue weighted by atomic mass is 10.1. The molecule has 17 heavy (non-hydrogen) atoms. The zero-order chi connectivity index (χ0) is 13.0. The quantitative estimate of drug-likeness (QED) is 0.649. The van der Waals surface area contributed by atoms with E-state index in [4.69, 9.17) is 11.1 Å². The zero-order valence-electron chi connectivity index (χ0n) is 10.0. The van der Waals surface area contributed by atoms with Crippen molar-refractivity contribution in [1.29, 1.82) is 5.41 Å². The van der Waals surface area contributed by atoms with Gasteiger partial charge in [0.15, 0.2) is 0 Å². The molecule has 0 saturated heterocycles. The predicted octanol–water partition coefficient (Wildman–Crippen LogP) is 2.59. The molecule has 94 valence electrons. The van der Waals surface area contributed by atoms with Gasteiger partial charge in [-0.1, -0.05) is 28.9 Å². The van der Waals surface area contributed by atoms with Gasteiger partial charge in [0.25, 0.3) is 0 Å². The van der Waals surface area contributed by atoms with Crippen LogP contribution in [0, 0.1) is 17.1 Å². The minimum Gasteiger partial charge on any atom is -0.387 e. The van der Waals surface area contributed by atoms with Crippen LogP contribution in [0.25, 0.3) is 0 Å². The molecule has 1 atom stereocenters. The van der Waals surface area contributed by atoms with E-state index in [1.54, 1.807) is 6.07 Å². The van der Waals surface area contributed by atoms with Gasteiger partial charge in [0.2, 0.25) is 0 Å². The summed E-state index contributed by atoms with van der Waals surface area (Å²) in [5, 5.41) is 7.34. The topological polar surface area (TPSA) is 53.1 Å². The van der Waals surface area contributed by atoms with Crippen molar-refractivity contribution in [2.75, 3.05) is 13.6 Å². The monoisotopic (exact) mass is 301 g/mol. The molecule has 0 aromatic heterocycles.